The average Bonchev–Trinajstić information content (AvgIpc) is 3.15. The van der Waals surface area contributed by atoms with E-state index in [2.05, 4.69) is 15.3 Å². The fourth-order valence-corrected chi connectivity index (χ4v) is 4.92. The molecule has 2 aromatic carbocycles. The van der Waals surface area contributed by atoms with E-state index in [1.54, 1.807) is 35.2 Å². The molecule has 29 heavy (non-hydrogen) atoms. The topological polar surface area (TPSA) is 141 Å². The van der Waals surface area contributed by atoms with Gasteiger partial charge in [-0.3, -0.25) is 9.78 Å². The minimum atomic E-state index is -3.92. The molecule has 4 rings (SSSR count). The molecule has 5 N–H and O–H groups in total. The van der Waals surface area contributed by atoms with E-state index in [4.69, 9.17) is 11.5 Å². The van der Waals surface area contributed by atoms with E-state index >= 15 is 0 Å². The summed E-state index contributed by atoms with van der Waals surface area (Å²) in [6.07, 6.45) is 1.19. The highest BCUT2D eigenvalue weighted by Crippen LogP contribution is 2.30. The highest BCUT2D eigenvalue weighted by Gasteiger charge is 2.26. The number of nitrogens with two attached hydrogens (primary N) is 2. The zero-order valence-electron chi connectivity index (χ0n) is 15.1. The van der Waals surface area contributed by atoms with Crippen molar-refractivity contribution in [2.45, 2.75) is 16.7 Å². The van der Waals surface area contributed by atoms with Gasteiger partial charge in [0.25, 0.3) is 0 Å². The molecule has 1 amide bonds. The number of amides is 1. The molecule has 0 spiro atoms. The van der Waals surface area contributed by atoms with Gasteiger partial charge in [-0.2, -0.15) is 0 Å². The number of hydrogen-bond donors (Lipinski definition) is 3. The second kappa shape index (κ2) is 7.39. The first-order valence-corrected chi connectivity index (χ1v) is 11.0. The van der Waals surface area contributed by atoms with Crippen molar-refractivity contribution in [3.8, 4) is 0 Å². The SMILES string of the molecule is NC(=O)CC(N)S(=O)(=O)c1ccc2nccc(Nc3ccc4scnc4c3)c2c1. The molecule has 0 aliphatic rings. The molecule has 1 atom stereocenters. The number of hydrogen-bond acceptors (Lipinski definition) is 8. The van der Waals surface area contributed by atoms with Crippen LogP contribution >= 0.6 is 11.3 Å². The number of pyridine rings is 1. The van der Waals surface area contributed by atoms with Crippen LogP contribution in [-0.4, -0.2) is 29.7 Å². The molecule has 10 heteroatoms. The molecular formula is C19H17N5O3S2. The van der Waals surface area contributed by atoms with Gasteiger partial charge in [0.1, 0.15) is 5.37 Å². The number of thiazole rings is 1. The number of benzene rings is 2. The van der Waals surface area contributed by atoms with E-state index in [1.165, 1.54) is 12.1 Å². The first-order valence-electron chi connectivity index (χ1n) is 8.61. The first kappa shape index (κ1) is 19.2. The maximum atomic E-state index is 12.7. The highest BCUT2D eigenvalue weighted by atomic mass is 32.2. The van der Waals surface area contributed by atoms with Gasteiger partial charge in [0, 0.05) is 23.0 Å². The van der Waals surface area contributed by atoms with Crippen LogP contribution in [0.5, 0.6) is 0 Å². The summed E-state index contributed by atoms with van der Waals surface area (Å²) in [5.74, 6) is -0.775. The average molecular weight is 428 g/mol. The number of rotatable bonds is 6. The van der Waals surface area contributed by atoms with Crippen LogP contribution in [0.4, 0.5) is 11.4 Å². The van der Waals surface area contributed by atoms with E-state index in [9.17, 15) is 13.2 Å². The summed E-state index contributed by atoms with van der Waals surface area (Å²) >= 11 is 1.56. The molecular weight excluding hydrogens is 410 g/mol. The summed E-state index contributed by atoms with van der Waals surface area (Å²) in [4.78, 5) is 19.7. The van der Waals surface area contributed by atoms with Crippen molar-refractivity contribution < 1.29 is 13.2 Å². The molecule has 148 valence electrons. The van der Waals surface area contributed by atoms with Crippen LogP contribution in [0.25, 0.3) is 21.1 Å². The summed E-state index contributed by atoms with van der Waals surface area (Å²) in [7, 11) is -3.92. The van der Waals surface area contributed by atoms with Gasteiger partial charge >= 0.3 is 0 Å². The molecule has 8 nitrogen and oxygen atoms in total. The van der Waals surface area contributed by atoms with Crippen LogP contribution in [0.15, 0.2) is 59.1 Å². The maximum absolute atomic E-state index is 12.7. The summed E-state index contributed by atoms with van der Waals surface area (Å²) in [5, 5.41) is 2.50. The van der Waals surface area contributed by atoms with Crippen molar-refractivity contribution in [3.05, 3.63) is 54.2 Å². The lowest BCUT2D eigenvalue weighted by Gasteiger charge is -2.14. The smallest absolute Gasteiger partial charge is 0.220 e. The fraction of sp³-hybridized carbons (Fsp3) is 0.105. The zero-order valence-corrected chi connectivity index (χ0v) is 16.7. The number of primary amides is 1. The van der Waals surface area contributed by atoms with Crippen molar-refractivity contribution in [1.82, 2.24) is 9.97 Å². The Kier molecular flexibility index (Phi) is 4.91. The second-order valence-electron chi connectivity index (χ2n) is 6.45. The molecule has 4 aromatic rings. The normalized spacial score (nSPS) is 12.9. The molecule has 2 heterocycles. The molecule has 1 unspecified atom stereocenters. The lowest BCUT2D eigenvalue weighted by Crippen LogP contribution is -2.35. The van der Waals surface area contributed by atoms with Gasteiger partial charge in [0.05, 0.1) is 32.6 Å². The van der Waals surface area contributed by atoms with Gasteiger partial charge in [0.15, 0.2) is 9.84 Å². The van der Waals surface area contributed by atoms with Crippen molar-refractivity contribution in [2.24, 2.45) is 11.5 Å². The van der Waals surface area contributed by atoms with E-state index < -0.39 is 27.5 Å². The Morgan fingerprint density at radius 1 is 1.10 bits per heavy atom. The Morgan fingerprint density at radius 3 is 2.72 bits per heavy atom. The third-order valence-corrected chi connectivity index (χ3v) is 7.14. The van der Waals surface area contributed by atoms with E-state index in [0.717, 1.165) is 15.9 Å². The fourth-order valence-electron chi connectivity index (χ4n) is 2.99. The summed E-state index contributed by atoms with van der Waals surface area (Å²) in [6.45, 7) is 0. The number of aromatic nitrogens is 2. The second-order valence-corrected chi connectivity index (χ2v) is 9.50. The Morgan fingerprint density at radius 2 is 1.93 bits per heavy atom. The van der Waals surface area contributed by atoms with Crippen LogP contribution in [-0.2, 0) is 14.6 Å². The Balaban J connectivity index is 1.75. The molecule has 0 radical (unpaired) electrons. The van der Waals surface area contributed by atoms with Crippen LogP contribution in [0.2, 0.25) is 0 Å². The molecule has 0 fully saturated rings. The van der Waals surface area contributed by atoms with Gasteiger partial charge < -0.3 is 16.8 Å². The Labute approximate surface area is 170 Å². The number of sulfone groups is 1. The van der Waals surface area contributed by atoms with E-state index in [1.807, 2.05) is 18.2 Å². The minimum Gasteiger partial charge on any atom is -0.370 e. The number of carbonyl (C=O) groups is 1. The maximum Gasteiger partial charge on any atom is 0.220 e. The quantitative estimate of drug-likeness (QED) is 0.429. The van der Waals surface area contributed by atoms with Crippen LogP contribution in [0.1, 0.15) is 6.42 Å². The van der Waals surface area contributed by atoms with E-state index in [-0.39, 0.29) is 4.90 Å². The van der Waals surface area contributed by atoms with Gasteiger partial charge in [-0.1, -0.05) is 0 Å². The first-order chi connectivity index (χ1) is 13.8. The predicted molar refractivity (Wildman–Crippen MR) is 114 cm³/mol. The lowest BCUT2D eigenvalue weighted by atomic mass is 10.2. The number of carbonyl (C=O) groups excluding carboxylic acids is 1. The Bertz CT molecular complexity index is 1330. The van der Waals surface area contributed by atoms with Gasteiger partial charge in [-0.05, 0) is 42.5 Å². The molecule has 0 aliphatic carbocycles. The van der Waals surface area contributed by atoms with Crippen LogP contribution < -0.4 is 16.8 Å². The summed E-state index contributed by atoms with van der Waals surface area (Å²) in [6, 6.07) is 12.1. The molecule has 2 aromatic heterocycles. The number of anilines is 2. The molecule has 0 aliphatic heterocycles. The van der Waals surface area contributed by atoms with Gasteiger partial charge in [-0.15, -0.1) is 11.3 Å². The summed E-state index contributed by atoms with van der Waals surface area (Å²) in [5.41, 5.74) is 15.6. The van der Waals surface area contributed by atoms with Crippen LogP contribution in [0, 0.1) is 0 Å². The largest absolute Gasteiger partial charge is 0.370 e. The number of fused-ring (bicyclic) bond motifs is 2. The standard InChI is InChI=1S/C19H17N5O3S2/c20-18(25)9-19(21)29(26,27)12-2-3-14-13(8-12)15(5-6-22-14)24-11-1-4-17-16(7-11)23-10-28-17/h1-8,10,19H,9,21H2,(H2,20,25)(H,22,24). The summed E-state index contributed by atoms with van der Waals surface area (Å²) < 4.78 is 26.5. The number of nitrogens with zero attached hydrogens (tertiary/aromatic N) is 2. The lowest BCUT2D eigenvalue weighted by molar-refractivity contribution is -0.118. The van der Waals surface area contributed by atoms with Crippen molar-refractivity contribution in [1.29, 1.82) is 0 Å². The third kappa shape index (κ3) is 3.77. The van der Waals surface area contributed by atoms with Gasteiger partial charge in [0.2, 0.25) is 5.91 Å². The van der Waals surface area contributed by atoms with Crippen molar-refractivity contribution >= 4 is 59.6 Å². The third-order valence-electron chi connectivity index (χ3n) is 4.45. The monoisotopic (exact) mass is 427 g/mol. The van der Waals surface area contributed by atoms with Crippen LogP contribution in [0.3, 0.4) is 0 Å². The Hall–Kier alpha value is -3.08. The minimum absolute atomic E-state index is 0.00440. The van der Waals surface area contributed by atoms with E-state index in [0.29, 0.717) is 16.6 Å². The molecule has 0 saturated heterocycles. The zero-order chi connectivity index (χ0) is 20.6. The molecule has 0 saturated carbocycles. The van der Waals surface area contributed by atoms with Gasteiger partial charge in [-0.25, -0.2) is 13.4 Å². The predicted octanol–water partition coefficient (Wildman–Crippen LogP) is 2.52. The van der Waals surface area contributed by atoms with Crippen molar-refractivity contribution in [2.75, 3.05) is 5.32 Å². The molecule has 0 bridgehead atoms. The van der Waals surface area contributed by atoms with Crippen molar-refractivity contribution in [3.63, 3.8) is 0 Å². The number of nitrogens with one attached hydrogen (secondary N) is 1. The highest BCUT2D eigenvalue weighted by molar-refractivity contribution is 7.92.